The molecule has 1 fully saturated rings. The Morgan fingerprint density at radius 2 is 1.87 bits per heavy atom. The third-order valence-corrected chi connectivity index (χ3v) is 6.64. The molecule has 5 rings (SSSR count). The molecule has 39 heavy (non-hydrogen) atoms. The van der Waals surface area contributed by atoms with Gasteiger partial charge in [0.15, 0.2) is 0 Å². The zero-order valence-corrected chi connectivity index (χ0v) is 21.5. The Morgan fingerprint density at radius 3 is 2.62 bits per heavy atom. The lowest BCUT2D eigenvalue weighted by molar-refractivity contribution is -0.137. The molecule has 0 radical (unpaired) electrons. The van der Waals surface area contributed by atoms with Crippen LogP contribution in [0, 0.1) is 6.92 Å². The number of aromatic nitrogens is 4. The number of carbonyl (C=O) groups excluding carboxylic acids is 1. The number of halogens is 3. The van der Waals surface area contributed by atoms with Crippen LogP contribution in [-0.4, -0.2) is 51.0 Å². The van der Waals surface area contributed by atoms with E-state index < -0.39 is 17.6 Å². The van der Waals surface area contributed by atoms with Gasteiger partial charge in [-0.05, 0) is 80.4 Å². The minimum atomic E-state index is -4.53. The molecule has 8 nitrogen and oxygen atoms in total. The van der Waals surface area contributed by atoms with Gasteiger partial charge in [-0.3, -0.25) is 14.7 Å². The molecule has 0 saturated carbocycles. The van der Waals surface area contributed by atoms with Gasteiger partial charge in [-0.2, -0.15) is 13.2 Å². The molecular weight excluding hydrogens is 509 g/mol. The molecule has 202 valence electrons. The van der Waals surface area contributed by atoms with E-state index in [4.69, 9.17) is 4.74 Å². The highest BCUT2D eigenvalue weighted by Gasteiger charge is 2.31. The fraction of sp³-hybridized carbons (Fsp3) is 0.286. The third-order valence-electron chi connectivity index (χ3n) is 6.64. The van der Waals surface area contributed by atoms with Crippen molar-refractivity contribution in [2.75, 3.05) is 25.5 Å². The van der Waals surface area contributed by atoms with Crippen molar-refractivity contribution < 1.29 is 22.7 Å². The first kappa shape index (κ1) is 26.4. The quantitative estimate of drug-likeness (QED) is 0.335. The zero-order chi connectivity index (χ0) is 27.6. The van der Waals surface area contributed by atoms with Crippen LogP contribution in [0.4, 0.5) is 18.9 Å². The minimum Gasteiger partial charge on any atom is -0.495 e. The van der Waals surface area contributed by atoms with E-state index in [9.17, 15) is 18.0 Å². The largest absolute Gasteiger partial charge is 0.495 e. The molecule has 0 unspecified atom stereocenters. The molecule has 1 saturated heterocycles. The van der Waals surface area contributed by atoms with Gasteiger partial charge in [0.05, 0.1) is 30.8 Å². The molecule has 3 heterocycles. The molecule has 4 aromatic rings. The van der Waals surface area contributed by atoms with E-state index in [-0.39, 0.29) is 11.3 Å². The number of carbonyl (C=O) groups is 1. The van der Waals surface area contributed by atoms with Crippen molar-refractivity contribution in [2.45, 2.75) is 32.5 Å². The van der Waals surface area contributed by atoms with Crippen molar-refractivity contribution in [3.8, 4) is 22.7 Å². The summed E-state index contributed by atoms with van der Waals surface area (Å²) in [7, 11) is 1.55. The highest BCUT2D eigenvalue weighted by atomic mass is 19.4. The maximum Gasteiger partial charge on any atom is 0.416 e. The number of amides is 1. The third kappa shape index (κ3) is 6.09. The van der Waals surface area contributed by atoms with Gasteiger partial charge < -0.3 is 10.1 Å². The van der Waals surface area contributed by atoms with Crippen LogP contribution in [0.3, 0.4) is 0 Å². The standard InChI is InChI=1S/C28H27F3N6O2/c1-18-5-6-20(12-26(18)37-17-25(34-35-37)21-11-24(39-2)15-32-14-21)27(38)33-23-10-19(16-36-7-3-4-8-36)9-22(13-23)28(29,30)31/h5-6,9-15,17H,3-4,7-8,16H2,1-2H3,(H,33,38). The molecule has 0 aliphatic carbocycles. The van der Waals surface area contributed by atoms with E-state index in [2.05, 4.69) is 25.5 Å². The Hall–Kier alpha value is -4.25. The van der Waals surface area contributed by atoms with Crippen molar-refractivity contribution in [1.82, 2.24) is 24.9 Å². The molecule has 1 aliphatic heterocycles. The van der Waals surface area contributed by atoms with Crippen LogP contribution in [0.25, 0.3) is 16.9 Å². The van der Waals surface area contributed by atoms with Crippen LogP contribution >= 0.6 is 0 Å². The van der Waals surface area contributed by atoms with Gasteiger partial charge in [-0.25, -0.2) is 4.68 Å². The molecule has 1 amide bonds. The summed E-state index contributed by atoms with van der Waals surface area (Å²) in [5.74, 6) is 0.0510. The summed E-state index contributed by atoms with van der Waals surface area (Å²) in [4.78, 5) is 19.4. The van der Waals surface area contributed by atoms with Gasteiger partial charge in [-0.1, -0.05) is 11.3 Å². The van der Waals surface area contributed by atoms with Crippen molar-refractivity contribution in [2.24, 2.45) is 0 Å². The summed E-state index contributed by atoms with van der Waals surface area (Å²) < 4.78 is 47.6. The zero-order valence-electron chi connectivity index (χ0n) is 21.5. The number of aryl methyl sites for hydroxylation is 1. The number of likely N-dealkylation sites (tertiary alicyclic amines) is 1. The van der Waals surface area contributed by atoms with Crippen LogP contribution in [0.15, 0.2) is 61.1 Å². The van der Waals surface area contributed by atoms with Gasteiger partial charge in [0.25, 0.3) is 5.91 Å². The second-order valence-corrected chi connectivity index (χ2v) is 9.52. The van der Waals surface area contributed by atoms with Crippen LogP contribution in [0.2, 0.25) is 0 Å². The monoisotopic (exact) mass is 536 g/mol. The Labute approximate surface area is 223 Å². The smallest absolute Gasteiger partial charge is 0.416 e. The average molecular weight is 537 g/mol. The Bertz CT molecular complexity index is 1490. The number of nitrogens with zero attached hydrogens (tertiary/aromatic N) is 5. The van der Waals surface area contributed by atoms with E-state index in [1.807, 2.05) is 6.92 Å². The average Bonchev–Trinajstić information content (AvgIpc) is 3.61. The number of rotatable bonds is 7. The van der Waals surface area contributed by atoms with Crippen molar-refractivity contribution in [1.29, 1.82) is 0 Å². The summed E-state index contributed by atoms with van der Waals surface area (Å²) in [5.41, 5.74) is 2.80. The number of benzene rings is 2. The van der Waals surface area contributed by atoms with Gasteiger partial charge in [0.2, 0.25) is 0 Å². The molecule has 2 aromatic heterocycles. The lowest BCUT2D eigenvalue weighted by Crippen LogP contribution is -2.20. The molecule has 1 N–H and O–H groups in total. The minimum absolute atomic E-state index is 0.0970. The van der Waals surface area contributed by atoms with Crippen molar-refractivity contribution in [3.05, 3.63) is 83.3 Å². The predicted octanol–water partition coefficient (Wildman–Crippen LogP) is 5.51. The molecular formula is C28H27F3N6O2. The fourth-order valence-electron chi connectivity index (χ4n) is 4.60. The second-order valence-electron chi connectivity index (χ2n) is 9.52. The first-order chi connectivity index (χ1) is 18.7. The molecule has 0 spiro atoms. The van der Waals surface area contributed by atoms with E-state index >= 15 is 0 Å². The number of nitrogens with one attached hydrogen (secondary N) is 1. The number of methoxy groups -OCH3 is 1. The number of hydrogen-bond donors (Lipinski definition) is 1. The maximum absolute atomic E-state index is 13.6. The summed E-state index contributed by atoms with van der Waals surface area (Å²) in [6, 6.07) is 10.5. The molecule has 2 aromatic carbocycles. The Balaban J connectivity index is 1.40. The highest BCUT2D eigenvalue weighted by Crippen LogP contribution is 2.33. The fourth-order valence-corrected chi connectivity index (χ4v) is 4.60. The highest BCUT2D eigenvalue weighted by molar-refractivity contribution is 6.04. The number of alkyl halides is 3. The van der Waals surface area contributed by atoms with E-state index in [1.165, 1.54) is 0 Å². The first-order valence-electron chi connectivity index (χ1n) is 12.5. The summed E-state index contributed by atoms with van der Waals surface area (Å²) in [6.07, 6.45) is 2.46. The van der Waals surface area contributed by atoms with Crippen molar-refractivity contribution >= 4 is 11.6 Å². The number of anilines is 1. The van der Waals surface area contributed by atoms with E-state index in [1.54, 1.807) is 60.7 Å². The van der Waals surface area contributed by atoms with Gasteiger partial charge in [0, 0.05) is 29.6 Å². The van der Waals surface area contributed by atoms with E-state index in [0.29, 0.717) is 34.8 Å². The SMILES string of the molecule is COc1cncc(-c2cn(-c3cc(C(=O)Nc4cc(CN5CCCC5)cc(C(F)(F)F)c4)ccc3C)nn2)c1. The normalized spacial score (nSPS) is 14.0. The number of pyridine rings is 1. The predicted molar refractivity (Wildman–Crippen MR) is 140 cm³/mol. The molecule has 1 aliphatic rings. The Kier molecular flexibility index (Phi) is 7.34. The lowest BCUT2D eigenvalue weighted by Gasteiger charge is -2.18. The number of ether oxygens (including phenoxy) is 1. The Morgan fingerprint density at radius 1 is 1.08 bits per heavy atom. The topological polar surface area (TPSA) is 85.2 Å². The van der Waals surface area contributed by atoms with E-state index in [0.717, 1.165) is 43.6 Å². The molecule has 11 heteroatoms. The second kappa shape index (κ2) is 10.9. The van der Waals surface area contributed by atoms with Gasteiger partial charge >= 0.3 is 6.18 Å². The maximum atomic E-state index is 13.6. The summed E-state index contributed by atoms with van der Waals surface area (Å²) >= 11 is 0. The molecule has 0 atom stereocenters. The number of hydrogen-bond acceptors (Lipinski definition) is 6. The summed E-state index contributed by atoms with van der Waals surface area (Å²) in [6.45, 7) is 3.96. The summed E-state index contributed by atoms with van der Waals surface area (Å²) in [5, 5.41) is 11.1. The van der Waals surface area contributed by atoms with Crippen LogP contribution in [-0.2, 0) is 12.7 Å². The molecule has 0 bridgehead atoms. The lowest BCUT2D eigenvalue weighted by atomic mass is 10.1. The van der Waals surface area contributed by atoms with Gasteiger partial charge in [-0.15, -0.1) is 5.10 Å². The van der Waals surface area contributed by atoms with Crippen LogP contribution in [0.5, 0.6) is 5.75 Å². The van der Waals surface area contributed by atoms with Gasteiger partial charge in [0.1, 0.15) is 11.4 Å². The van der Waals surface area contributed by atoms with Crippen LogP contribution < -0.4 is 10.1 Å². The first-order valence-corrected chi connectivity index (χ1v) is 12.5. The van der Waals surface area contributed by atoms with Crippen LogP contribution in [0.1, 0.15) is 39.9 Å². The van der Waals surface area contributed by atoms with Crippen molar-refractivity contribution in [3.63, 3.8) is 0 Å².